The molecular formula is C20H22ClN3O2S. The van der Waals surface area contributed by atoms with Crippen LogP contribution < -0.4 is 0 Å². The molecule has 3 rings (SSSR count). The molecule has 5 nitrogen and oxygen atoms in total. The van der Waals surface area contributed by atoms with Gasteiger partial charge in [-0.2, -0.15) is 9.57 Å². The van der Waals surface area contributed by atoms with Gasteiger partial charge in [-0.25, -0.2) is 8.42 Å². The standard InChI is InChI=1S/C20H22ClN3O2S/c1-16-3-8-19(21)13-20(16)27(25,26)24-10-2-9-23(11-12-24)15-18-6-4-17(14-22)5-7-18/h3-8,13H,2,9-12,15H2,1H3. The fourth-order valence-corrected chi connectivity index (χ4v) is 5.24. The summed E-state index contributed by atoms with van der Waals surface area (Å²) in [5.74, 6) is 0. The largest absolute Gasteiger partial charge is 0.298 e. The van der Waals surface area contributed by atoms with Crippen molar-refractivity contribution in [3.8, 4) is 6.07 Å². The van der Waals surface area contributed by atoms with Gasteiger partial charge < -0.3 is 0 Å². The molecule has 142 valence electrons. The maximum Gasteiger partial charge on any atom is 0.243 e. The van der Waals surface area contributed by atoms with Crippen molar-refractivity contribution in [1.29, 1.82) is 5.26 Å². The summed E-state index contributed by atoms with van der Waals surface area (Å²) in [6.45, 7) is 4.98. The first-order valence-corrected chi connectivity index (χ1v) is 10.7. The van der Waals surface area contributed by atoms with Crippen molar-refractivity contribution in [2.24, 2.45) is 0 Å². The summed E-state index contributed by atoms with van der Waals surface area (Å²) in [5, 5.41) is 9.32. The number of nitrogens with zero attached hydrogens (tertiary/aromatic N) is 3. The predicted octanol–water partition coefficient (Wildman–Crippen LogP) is 3.42. The molecule has 0 spiro atoms. The van der Waals surface area contributed by atoms with Crippen molar-refractivity contribution in [3.63, 3.8) is 0 Å². The lowest BCUT2D eigenvalue weighted by atomic mass is 10.1. The lowest BCUT2D eigenvalue weighted by Crippen LogP contribution is -2.35. The Hall–Kier alpha value is -1.91. The number of sulfonamides is 1. The minimum atomic E-state index is -3.56. The van der Waals surface area contributed by atoms with Crippen LogP contribution in [-0.2, 0) is 16.6 Å². The molecule has 0 radical (unpaired) electrons. The average Bonchev–Trinajstić information content (AvgIpc) is 2.90. The summed E-state index contributed by atoms with van der Waals surface area (Å²) < 4.78 is 27.7. The van der Waals surface area contributed by atoms with Crippen LogP contribution in [0.5, 0.6) is 0 Å². The summed E-state index contributed by atoms with van der Waals surface area (Å²) >= 11 is 6.02. The van der Waals surface area contributed by atoms with Crippen molar-refractivity contribution in [2.45, 2.75) is 24.8 Å². The van der Waals surface area contributed by atoms with Crippen LogP contribution in [0.1, 0.15) is 23.1 Å². The van der Waals surface area contributed by atoms with Gasteiger partial charge in [0.25, 0.3) is 0 Å². The molecule has 1 aliphatic rings. The van der Waals surface area contributed by atoms with E-state index in [2.05, 4.69) is 11.0 Å². The zero-order chi connectivity index (χ0) is 19.4. The van der Waals surface area contributed by atoms with Gasteiger partial charge in [-0.15, -0.1) is 0 Å². The molecule has 0 atom stereocenters. The Morgan fingerprint density at radius 2 is 1.81 bits per heavy atom. The fraction of sp³-hybridized carbons (Fsp3) is 0.350. The Morgan fingerprint density at radius 1 is 1.07 bits per heavy atom. The third-order valence-electron chi connectivity index (χ3n) is 4.80. The van der Waals surface area contributed by atoms with Crippen LogP contribution in [0.3, 0.4) is 0 Å². The minimum absolute atomic E-state index is 0.288. The van der Waals surface area contributed by atoms with Gasteiger partial charge in [0, 0.05) is 31.2 Å². The van der Waals surface area contributed by atoms with Gasteiger partial charge in [0.15, 0.2) is 0 Å². The van der Waals surface area contributed by atoms with E-state index in [0.29, 0.717) is 35.8 Å². The second-order valence-electron chi connectivity index (χ2n) is 6.75. The Kier molecular flexibility index (Phi) is 6.18. The molecule has 0 aliphatic carbocycles. The topological polar surface area (TPSA) is 64.4 Å². The van der Waals surface area contributed by atoms with E-state index >= 15 is 0 Å². The van der Waals surface area contributed by atoms with Gasteiger partial charge in [-0.1, -0.05) is 29.8 Å². The first kappa shape index (κ1) is 19.8. The number of benzene rings is 2. The molecular weight excluding hydrogens is 382 g/mol. The van der Waals surface area contributed by atoms with Gasteiger partial charge in [0.2, 0.25) is 10.0 Å². The van der Waals surface area contributed by atoms with E-state index in [1.54, 1.807) is 23.4 Å². The second-order valence-corrected chi connectivity index (χ2v) is 9.10. The molecule has 1 fully saturated rings. The molecule has 0 saturated carbocycles. The van der Waals surface area contributed by atoms with E-state index < -0.39 is 10.0 Å². The molecule has 0 amide bonds. The smallest absolute Gasteiger partial charge is 0.243 e. The van der Waals surface area contributed by atoms with Gasteiger partial charge >= 0.3 is 0 Å². The Bertz CT molecular complexity index is 952. The van der Waals surface area contributed by atoms with Crippen molar-refractivity contribution in [3.05, 3.63) is 64.2 Å². The number of halogens is 1. The number of aryl methyl sites for hydroxylation is 1. The summed E-state index contributed by atoms with van der Waals surface area (Å²) in [6, 6.07) is 14.6. The number of rotatable bonds is 4. The minimum Gasteiger partial charge on any atom is -0.298 e. The first-order chi connectivity index (χ1) is 12.9. The maximum atomic E-state index is 13.1. The third kappa shape index (κ3) is 4.69. The molecule has 0 unspecified atom stereocenters. The SMILES string of the molecule is Cc1ccc(Cl)cc1S(=O)(=O)N1CCCN(Cc2ccc(C#N)cc2)CC1. The van der Waals surface area contributed by atoms with E-state index in [1.165, 1.54) is 6.07 Å². The molecule has 1 saturated heterocycles. The molecule has 2 aromatic rings. The predicted molar refractivity (Wildman–Crippen MR) is 106 cm³/mol. The van der Waals surface area contributed by atoms with Gasteiger partial charge in [-0.3, -0.25) is 4.90 Å². The second kappa shape index (κ2) is 8.41. The molecule has 27 heavy (non-hydrogen) atoms. The average molecular weight is 404 g/mol. The normalized spacial score (nSPS) is 16.6. The molecule has 0 bridgehead atoms. The quantitative estimate of drug-likeness (QED) is 0.784. The number of nitriles is 1. The highest BCUT2D eigenvalue weighted by Crippen LogP contribution is 2.24. The van der Waals surface area contributed by atoms with Crippen molar-refractivity contribution >= 4 is 21.6 Å². The van der Waals surface area contributed by atoms with Crippen molar-refractivity contribution in [1.82, 2.24) is 9.21 Å². The van der Waals surface area contributed by atoms with Crippen LogP contribution >= 0.6 is 11.6 Å². The lowest BCUT2D eigenvalue weighted by Gasteiger charge is -2.22. The zero-order valence-electron chi connectivity index (χ0n) is 15.2. The van der Waals surface area contributed by atoms with Gasteiger partial charge in [0.1, 0.15) is 0 Å². The molecule has 1 aliphatic heterocycles. The first-order valence-electron chi connectivity index (χ1n) is 8.88. The van der Waals surface area contributed by atoms with Crippen LogP contribution in [0.15, 0.2) is 47.4 Å². The monoisotopic (exact) mass is 403 g/mol. The highest BCUT2D eigenvalue weighted by molar-refractivity contribution is 7.89. The highest BCUT2D eigenvalue weighted by atomic mass is 35.5. The fourth-order valence-electron chi connectivity index (χ4n) is 3.28. The van der Waals surface area contributed by atoms with Crippen LogP contribution in [0, 0.1) is 18.3 Å². The summed E-state index contributed by atoms with van der Waals surface area (Å²) in [6.07, 6.45) is 0.773. The third-order valence-corrected chi connectivity index (χ3v) is 7.08. The van der Waals surface area contributed by atoms with E-state index in [9.17, 15) is 8.42 Å². The Balaban J connectivity index is 1.70. The van der Waals surface area contributed by atoms with E-state index in [1.807, 2.05) is 24.3 Å². The van der Waals surface area contributed by atoms with E-state index in [-0.39, 0.29) is 4.90 Å². The van der Waals surface area contributed by atoms with Crippen LogP contribution in [0.2, 0.25) is 5.02 Å². The summed E-state index contributed by atoms with van der Waals surface area (Å²) in [5.41, 5.74) is 2.47. The molecule has 7 heteroatoms. The van der Waals surface area contributed by atoms with Gasteiger partial charge in [0.05, 0.1) is 16.5 Å². The Morgan fingerprint density at radius 3 is 2.52 bits per heavy atom. The highest BCUT2D eigenvalue weighted by Gasteiger charge is 2.28. The van der Waals surface area contributed by atoms with Crippen LogP contribution in [-0.4, -0.2) is 43.8 Å². The van der Waals surface area contributed by atoms with Crippen molar-refractivity contribution in [2.75, 3.05) is 26.2 Å². The van der Waals surface area contributed by atoms with E-state index in [0.717, 1.165) is 25.1 Å². The van der Waals surface area contributed by atoms with Crippen LogP contribution in [0.25, 0.3) is 0 Å². The molecule has 1 heterocycles. The maximum absolute atomic E-state index is 13.1. The lowest BCUT2D eigenvalue weighted by molar-refractivity contribution is 0.278. The van der Waals surface area contributed by atoms with Gasteiger partial charge in [-0.05, 0) is 55.3 Å². The number of hydrogen-bond acceptors (Lipinski definition) is 4. The van der Waals surface area contributed by atoms with Crippen LogP contribution in [0.4, 0.5) is 0 Å². The van der Waals surface area contributed by atoms with E-state index in [4.69, 9.17) is 16.9 Å². The van der Waals surface area contributed by atoms with Crippen molar-refractivity contribution < 1.29 is 8.42 Å². The summed E-state index contributed by atoms with van der Waals surface area (Å²) in [7, 11) is -3.56. The zero-order valence-corrected chi connectivity index (χ0v) is 16.8. The molecule has 0 aromatic heterocycles. The molecule has 2 aromatic carbocycles. The Labute approximate surface area is 165 Å². The number of hydrogen-bond donors (Lipinski definition) is 0. The molecule has 0 N–H and O–H groups in total. The summed E-state index contributed by atoms with van der Waals surface area (Å²) in [4.78, 5) is 2.54.